The van der Waals surface area contributed by atoms with Crippen LogP contribution in [0.2, 0.25) is 5.02 Å². The van der Waals surface area contributed by atoms with Gasteiger partial charge in [-0.2, -0.15) is 0 Å². The van der Waals surface area contributed by atoms with Gasteiger partial charge in [-0.1, -0.05) is 41.9 Å². The molecule has 1 N–H and O–H groups in total. The standard InChI is InChI=1S/C18H20ClN/c1-12-6-7-16(11-17(12)19)18(20-2)15-9-8-13-4-3-5-14(13)10-15/h6-11,18,20H,3-5H2,1-2H3. The number of aryl methyl sites for hydroxylation is 3. The molecule has 3 rings (SSSR count). The minimum absolute atomic E-state index is 0.207. The molecule has 20 heavy (non-hydrogen) atoms. The van der Waals surface area contributed by atoms with Gasteiger partial charge < -0.3 is 5.32 Å². The number of hydrogen-bond acceptors (Lipinski definition) is 1. The molecule has 1 aliphatic rings. The van der Waals surface area contributed by atoms with Crippen molar-refractivity contribution < 1.29 is 0 Å². The summed E-state index contributed by atoms with van der Waals surface area (Å²) in [4.78, 5) is 0. The van der Waals surface area contributed by atoms with Crippen LogP contribution in [0.25, 0.3) is 0 Å². The Kier molecular flexibility index (Phi) is 3.82. The molecule has 0 radical (unpaired) electrons. The Morgan fingerprint density at radius 2 is 1.70 bits per heavy atom. The molecule has 2 aromatic rings. The van der Waals surface area contributed by atoms with Crippen LogP contribution < -0.4 is 5.32 Å². The monoisotopic (exact) mass is 285 g/mol. The van der Waals surface area contributed by atoms with Crippen LogP contribution >= 0.6 is 11.6 Å². The molecule has 0 amide bonds. The fourth-order valence-electron chi connectivity index (χ4n) is 3.09. The number of rotatable bonds is 3. The molecule has 0 saturated carbocycles. The molecule has 1 aliphatic carbocycles. The van der Waals surface area contributed by atoms with Crippen molar-refractivity contribution in [2.75, 3.05) is 7.05 Å². The average Bonchev–Trinajstić information content (AvgIpc) is 2.91. The molecule has 0 bridgehead atoms. The molecule has 1 unspecified atom stereocenters. The summed E-state index contributed by atoms with van der Waals surface area (Å²) < 4.78 is 0. The van der Waals surface area contributed by atoms with E-state index < -0.39 is 0 Å². The van der Waals surface area contributed by atoms with Crippen molar-refractivity contribution in [2.24, 2.45) is 0 Å². The van der Waals surface area contributed by atoms with Gasteiger partial charge in [-0.15, -0.1) is 0 Å². The van der Waals surface area contributed by atoms with E-state index in [1.807, 2.05) is 14.0 Å². The topological polar surface area (TPSA) is 12.0 Å². The smallest absolute Gasteiger partial charge is 0.0574 e. The van der Waals surface area contributed by atoms with Crippen LogP contribution in [0.5, 0.6) is 0 Å². The highest BCUT2D eigenvalue weighted by Gasteiger charge is 2.17. The molecule has 0 heterocycles. The Labute approximate surface area is 126 Å². The van der Waals surface area contributed by atoms with Crippen LogP contribution in [0.4, 0.5) is 0 Å². The highest BCUT2D eigenvalue weighted by Crippen LogP contribution is 2.30. The fraction of sp³-hybridized carbons (Fsp3) is 0.333. The first-order valence-corrected chi connectivity index (χ1v) is 7.62. The van der Waals surface area contributed by atoms with E-state index in [0.717, 1.165) is 10.6 Å². The minimum atomic E-state index is 0.207. The van der Waals surface area contributed by atoms with Crippen molar-refractivity contribution in [3.63, 3.8) is 0 Å². The van der Waals surface area contributed by atoms with E-state index in [1.54, 1.807) is 0 Å². The summed E-state index contributed by atoms with van der Waals surface area (Å²) in [5.41, 5.74) is 6.71. The van der Waals surface area contributed by atoms with Crippen LogP contribution in [0.1, 0.15) is 40.3 Å². The van der Waals surface area contributed by atoms with Crippen LogP contribution in [-0.2, 0) is 12.8 Å². The Bertz CT molecular complexity index is 633. The second-order valence-corrected chi connectivity index (χ2v) is 6.02. The van der Waals surface area contributed by atoms with Crippen molar-refractivity contribution >= 4 is 11.6 Å². The summed E-state index contributed by atoms with van der Waals surface area (Å²) in [6, 6.07) is 13.4. The van der Waals surface area contributed by atoms with E-state index in [9.17, 15) is 0 Å². The van der Waals surface area contributed by atoms with Crippen LogP contribution in [0.15, 0.2) is 36.4 Å². The fourth-order valence-corrected chi connectivity index (χ4v) is 3.27. The molecule has 0 saturated heterocycles. The van der Waals surface area contributed by atoms with Gasteiger partial charge >= 0.3 is 0 Å². The number of halogens is 1. The number of nitrogens with one attached hydrogen (secondary N) is 1. The maximum absolute atomic E-state index is 6.27. The predicted molar refractivity (Wildman–Crippen MR) is 85.6 cm³/mol. The zero-order chi connectivity index (χ0) is 14.1. The average molecular weight is 286 g/mol. The summed E-state index contributed by atoms with van der Waals surface area (Å²) in [6.45, 7) is 2.04. The van der Waals surface area contributed by atoms with Gasteiger partial charge in [0.05, 0.1) is 6.04 Å². The van der Waals surface area contributed by atoms with Crippen LogP contribution in [-0.4, -0.2) is 7.05 Å². The van der Waals surface area contributed by atoms with Gasteiger partial charge in [-0.25, -0.2) is 0 Å². The lowest BCUT2D eigenvalue weighted by molar-refractivity contribution is 0.690. The molecule has 0 spiro atoms. The van der Waals surface area contributed by atoms with Crippen molar-refractivity contribution in [1.82, 2.24) is 5.32 Å². The van der Waals surface area contributed by atoms with Gasteiger partial charge in [0.15, 0.2) is 0 Å². The van der Waals surface area contributed by atoms with Crippen molar-refractivity contribution in [1.29, 1.82) is 0 Å². The second-order valence-electron chi connectivity index (χ2n) is 5.61. The highest BCUT2D eigenvalue weighted by molar-refractivity contribution is 6.31. The van der Waals surface area contributed by atoms with Gasteiger partial charge in [-0.05, 0) is 67.1 Å². The third-order valence-electron chi connectivity index (χ3n) is 4.27. The Hall–Kier alpha value is -1.31. The summed E-state index contributed by atoms with van der Waals surface area (Å²) in [6.07, 6.45) is 3.74. The molecule has 1 atom stereocenters. The molecular weight excluding hydrogens is 266 g/mol. The van der Waals surface area contributed by atoms with E-state index in [-0.39, 0.29) is 6.04 Å². The number of fused-ring (bicyclic) bond motifs is 1. The highest BCUT2D eigenvalue weighted by atomic mass is 35.5. The lowest BCUT2D eigenvalue weighted by Gasteiger charge is -2.19. The van der Waals surface area contributed by atoms with E-state index in [2.05, 4.69) is 41.7 Å². The molecule has 2 heteroatoms. The summed E-state index contributed by atoms with van der Waals surface area (Å²) in [5.74, 6) is 0. The number of hydrogen-bond donors (Lipinski definition) is 1. The third-order valence-corrected chi connectivity index (χ3v) is 4.68. The maximum Gasteiger partial charge on any atom is 0.0574 e. The summed E-state index contributed by atoms with van der Waals surface area (Å²) in [5, 5.41) is 4.25. The van der Waals surface area contributed by atoms with E-state index >= 15 is 0 Å². The van der Waals surface area contributed by atoms with E-state index in [0.29, 0.717) is 0 Å². The molecule has 0 fully saturated rings. The van der Waals surface area contributed by atoms with Gasteiger partial charge in [0.2, 0.25) is 0 Å². The maximum atomic E-state index is 6.27. The van der Waals surface area contributed by atoms with Crippen LogP contribution in [0, 0.1) is 6.92 Å². The van der Waals surface area contributed by atoms with Gasteiger partial charge in [-0.3, -0.25) is 0 Å². The van der Waals surface area contributed by atoms with E-state index in [4.69, 9.17) is 11.6 Å². The predicted octanol–water partition coefficient (Wildman–Crippen LogP) is 4.45. The van der Waals surface area contributed by atoms with Crippen LogP contribution in [0.3, 0.4) is 0 Å². The Balaban J connectivity index is 1.98. The first-order valence-electron chi connectivity index (χ1n) is 7.24. The molecule has 2 aromatic carbocycles. The largest absolute Gasteiger partial charge is 0.309 e. The van der Waals surface area contributed by atoms with E-state index in [1.165, 1.54) is 41.5 Å². The third kappa shape index (κ3) is 2.48. The lowest BCUT2D eigenvalue weighted by atomic mass is 9.95. The van der Waals surface area contributed by atoms with Crippen molar-refractivity contribution in [2.45, 2.75) is 32.2 Å². The van der Waals surface area contributed by atoms with Gasteiger partial charge in [0.1, 0.15) is 0 Å². The lowest BCUT2D eigenvalue weighted by Crippen LogP contribution is -2.18. The first-order chi connectivity index (χ1) is 9.69. The first kappa shape index (κ1) is 13.7. The van der Waals surface area contributed by atoms with Gasteiger partial charge in [0, 0.05) is 5.02 Å². The molecule has 0 aromatic heterocycles. The Morgan fingerprint density at radius 1 is 1.00 bits per heavy atom. The molecular formula is C18H20ClN. The zero-order valence-corrected chi connectivity index (χ0v) is 12.8. The molecule has 1 nitrogen and oxygen atoms in total. The number of benzene rings is 2. The molecule has 104 valence electrons. The zero-order valence-electron chi connectivity index (χ0n) is 12.0. The minimum Gasteiger partial charge on any atom is -0.309 e. The summed E-state index contributed by atoms with van der Waals surface area (Å²) >= 11 is 6.27. The normalized spacial score (nSPS) is 15.2. The second kappa shape index (κ2) is 5.59. The SMILES string of the molecule is CNC(c1ccc(C)c(Cl)c1)c1ccc2c(c1)CCC2. The van der Waals surface area contributed by atoms with Crippen molar-refractivity contribution in [3.8, 4) is 0 Å². The van der Waals surface area contributed by atoms with Gasteiger partial charge in [0.25, 0.3) is 0 Å². The Morgan fingerprint density at radius 3 is 2.45 bits per heavy atom. The van der Waals surface area contributed by atoms with Crippen molar-refractivity contribution in [3.05, 3.63) is 69.2 Å². The quantitative estimate of drug-likeness (QED) is 0.879. The summed E-state index contributed by atoms with van der Waals surface area (Å²) in [7, 11) is 2.01. The molecule has 0 aliphatic heterocycles.